The third kappa shape index (κ3) is 3.32. The van der Waals surface area contributed by atoms with Crippen LogP contribution in [-0.4, -0.2) is 11.2 Å². The van der Waals surface area contributed by atoms with E-state index in [0.717, 1.165) is 12.1 Å². The number of rotatable bonds is 4. The largest absolute Gasteiger partial charge is 0.392 e. The van der Waals surface area contributed by atoms with Crippen LogP contribution in [0.1, 0.15) is 11.1 Å². The maximum atomic E-state index is 13.7. The predicted molar refractivity (Wildman–Crippen MR) is 71.2 cm³/mol. The standard InChI is InChI=1S/C15H12ClF3O/c16-12-4-1-3-9(15(12)19)7-10(20)8-11-13(17)5-2-6-14(11)18/h1-6,10,20H,7-8H2. The molecule has 0 aromatic heterocycles. The van der Waals surface area contributed by atoms with E-state index in [-0.39, 0.29) is 29.0 Å². The van der Waals surface area contributed by atoms with Crippen LogP contribution in [0.4, 0.5) is 13.2 Å². The minimum absolute atomic E-state index is 0.0493. The van der Waals surface area contributed by atoms with Crippen LogP contribution in [0.2, 0.25) is 5.02 Å². The molecule has 0 fully saturated rings. The van der Waals surface area contributed by atoms with Crippen molar-refractivity contribution in [3.8, 4) is 0 Å². The fourth-order valence-electron chi connectivity index (χ4n) is 2.00. The molecule has 2 aromatic carbocycles. The van der Waals surface area contributed by atoms with Gasteiger partial charge in [0.25, 0.3) is 0 Å². The van der Waals surface area contributed by atoms with Gasteiger partial charge < -0.3 is 5.11 Å². The fraction of sp³-hybridized carbons (Fsp3) is 0.200. The Morgan fingerprint density at radius 2 is 1.55 bits per heavy atom. The molecule has 0 saturated heterocycles. The van der Waals surface area contributed by atoms with E-state index in [4.69, 9.17) is 11.6 Å². The molecule has 1 N–H and O–H groups in total. The molecule has 0 saturated carbocycles. The van der Waals surface area contributed by atoms with Gasteiger partial charge in [-0.3, -0.25) is 0 Å². The fourth-order valence-corrected chi connectivity index (χ4v) is 2.19. The third-order valence-electron chi connectivity index (χ3n) is 2.99. The second-order valence-electron chi connectivity index (χ2n) is 4.48. The van der Waals surface area contributed by atoms with Crippen molar-refractivity contribution in [3.63, 3.8) is 0 Å². The second kappa shape index (κ2) is 6.29. The average Bonchev–Trinajstić information content (AvgIpc) is 2.39. The Labute approximate surface area is 119 Å². The molecule has 0 spiro atoms. The molecular formula is C15H12ClF3O. The maximum Gasteiger partial charge on any atom is 0.145 e. The van der Waals surface area contributed by atoms with E-state index in [1.165, 1.54) is 18.2 Å². The highest BCUT2D eigenvalue weighted by molar-refractivity contribution is 6.30. The highest BCUT2D eigenvalue weighted by atomic mass is 35.5. The van der Waals surface area contributed by atoms with E-state index in [2.05, 4.69) is 0 Å². The quantitative estimate of drug-likeness (QED) is 0.908. The molecule has 0 radical (unpaired) electrons. The average molecular weight is 301 g/mol. The Morgan fingerprint density at radius 3 is 2.20 bits per heavy atom. The highest BCUT2D eigenvalue weighted by Crippen LogP contribution is 2.21. The van der Waals surface area contributed by atoms with Crippen molar-refractivity contribution < 1.29 is 18.3 Å². The van der Waals surface area contributed by atoms with Crippen LogP contribution in [0.5, 0.6) is 0 Å². The lowest BCUT2D eigenvalue weighted by Gasteiger charge is -2.13. The van der Waals surface area contributed by atoms with Gasteiger partial charge in [0.2, 0.25) is 0 Å². The summed E-state index contributed by atoms with van der Waals surface area (Å²) in [7, 11) is 0. The van der Waals surface area contributed by atoms with Gasteiger partial charge in [0.1, 0.15) is 17.5 Å². The maximum absolute atomic E-state index is 13.7. The van der Waals surface area contributed by atoms with Gasteiger partial charge in [-0.15, -0.1) is 0 Å². The molecule has 2 aromatic rings. The van der Waals surface area contributed by atoms with Crippen molar-refractivity contribution >= 4 is 11.6 Å². The van der Waals surface area contributed by atoms with Gasteiger partial charge in [-0.2, -0.15) is 0 Å². The summed E-state index contributed by atoms with van der Waals surface area (Å²) in [6, 6.07) is 7.90. The van der Waals surface area contributed by atoms with Crippen molar-refractivity contribution in [3.05, 3.63) is 70.0 Å². The summed E-state index contributed by atoms with van der Waals surface area (Å²) in [5.41, 5.74) is 0.00387. The summed E-state index contributed by atoms with van der Waals surface area (Å²) in [5, 5.41) is 9.83. The van der Waals surface area contributed by atoms with Crippen LogP contribution in [0.25, 0.3) is 0 Å². The van der Waals surface area contributed by atoms with Gasteiger partial charge in [0.15, 0.2) is 0 Å². The van der Waals surface area contributed by atoms with E-state index in [9.17, 15) is 18.3 Å². The smallest absolute Gasteiger partial charge is 0.145 e. The molecule has 2 rings (SSSR count). The zero-order chi connectivity index (χ0) is 14.7. The number of aliphatic hydroxyl groups excluding tert-OH is 1. The van der Waals surface area contributed by atoms with E-state index < -0.39 is 23.6 Å². The molecule has 1 atom stereocenters. The first-order valence-corrected chi connectivity index (χ1v) is 6.40. The normalized spacial score (nSPS) is 12.4. The first kappa shape index (κ1) is 14.9. The Balaban J connectivity index is 2.13. The zero-order valence-corrected chi connectivity index (χ0v) is 11.2. The van der Waals surface area contributed by atoms with Crippen molar-refractivity contribution in [1.82, 2.24) is 0 Å². The number of halogens is 4. The predicted octanol–water partition coefficient (Wildman–Crippen LogP) is 3.90. The van der Waals surface area contributed by atoms with Crippen LogP contribution >= 0.6 is 11.6 Å². The summed E-state index contributed by atoms with van der Waals surface area (Å²) >= 11 is 5.63. The summed E-state index contributed by atoms with van der Waals surface area (Å²) in [6.07, 6.45) is -1.40. The number of hydrogen-bond donors (Lipinski definition) is 1. The van der Waals surface area contributed by atoms with E-state index in [1.54, 1.807) is 6.07 Å². The molecule has 0 amide bonds. The SMILES string of the molecule is OC(Cc1cccc(Cl)c1F)Cc1c(F)cccc1F. The number of hydrogen-bond acceptors (Lipinski definition) is 1. The molecular weight excluding hydrogens is 289 g/mol. The van der Waals surface area contributed by atoms with Gasteiger partial charge in [0, 0.05) is 18.4 Å². The van der Waals surface area contributed by atoms with E-state index in [1.807, 2.05) is 0 Å². The van der Waals surface area contributed by atoms with Crippen molar-refractivity contribution in [1.29, 1.82) is 0 Å². The Bertz CT molecular complexity index is 596. The first-order chi connectivity index (χ1) is 9.49. The molecule has 0 aliphatic rings. The van der Waals surface area contributed by atoms with Gasteiger partial charge in [-0.25, -0.2) is 13.2 Å². The Morgan fingerprint density at radius 1 is 0.950 bits per heavy atom. The highest BCUT2D eigenvalue weighted by Gasteiger charge is 2.16. The van der Waals surface area contributed by atoms with Crippen LogP contribution in [-0.2, 0) is 12.8 Å². The van der Waals surface area contributed by atoms with E-state index >= 15 is 0 Å². The molecule has 0 aliphatic heterocycles. The summed E-state index contributed by atoms with van der Waals surface area (Å²) < 4.78 is 40.6. The molecule has 106 valence electrons. The summed E-state index contributed by atoms with van der Waals surface area (Å²) in [4.78, 5) is 0. The monoisotopic (exact) mass is 300 g/mol. The second-order valence-corrected chi connectivity index (χ2v) is 4.88. The summed E-state index contributed by atoms with van der Waals surface area (Å²) in [5.74, 6) is -2.08. The number of benzene rings is 2. The Hall–Kier alpha value is -1.52. The van der Waals surface area contributed by atoms with Crippen molar-refractivity contribution in [2.75, 3.05) is 0 Å². The molecule has 5 heteroatoms. The first-order valence-electron chi connectivity index (χ1n) is 6.03. The zero-order valence-electron chi connectivity index (χ0n) is 10.4. The lowest BCUT2D eigenvalue weighted by molar-refractivity contribution is 0.171. The molecule has 1 nitrogen and oxygen atoms in total. The topological polar surface area (TPSA) is 20.2 Å². The lowest BCUT2D eigenvalue weighted by Crippen LogP contribution is -2.16. The molecule has 0 heterocycles. The lowest BCUT2D eigenvalue weighted by atomic mass is 10.0. The minimum atomic E-state index is -1.10. The minimum Gasteiger partial charge on any atom is -0.392 e. The van der Waals surface area contributed by atoms with Gasteiger partial charge in [-0.1, -0.05) is 29.8 Å². The van der Waals surface area contributed by atoms with Crippen LogP contribution in [0, 0.1) is 17.5 Å². The molecule has 1 unspecified atom stereocenters. The van der Waals surface area contributed by atoms with Gasteiger partial charge >= 0.3 is 0 Å². The molecule has 0 aliphatic carbocycles. The van der Waals surface area contributed by atoms with Gasteiger partial charge in [-0.05, 0) is 23.8 Å². The third-order valence-corrected chi connectivity index (χ3v) is 3.28. The van der Waals surface area contributed by atoms with Crippen molar-refractivity contribution in [2.45, 2.75) is 18.9 Å². The molecule has 0 bridgehead atoms. The van der Waals surface area contributed by atoms with E-state index in [0.29, 0.717) is 0 Å². The van der Waals surface area contributed by atoms with Gasteiger partial charge in [0.05, 0.1) is 11.1 Å². The Kier molecular flexibility index (Phi) is 4.68. The molecule has 20 heavy (non-hydrogen) atoms. The van der Waals surface area contributed by atoms with Crippen molar-refractivity contribution in [2.24, 2.45) is 0 Å². The van der Waals surface area contributed by atoms with Crippen LogP contribution in [0.15, 0.2) is 36.4 Å². The van der Waals surface area contributed by atoms with Crippen LogP contribution in [0.3, 0.4) is 0 Å². The summed E-state index contributed by atoms with van der Waals surface area (Å²) in [6.45, 7) is 0. The van der Waals surface area contributed by atoms with Crippen LogP contribution < -0.4 is 0 Å². The number of aliphatic hydroxyl groups is 1.